The molecule has 31 heavy (non-hydrogen) atoms. The molecule has 2 aromatic carbocycles. The molecule has 3 nitrogen and oxygen atoms in total. The number of nitrogens with zero attached hydrogens (tertiary/aromatic N) is 1. The van der Waals surface area contributed by atoms with E-state index in [0.29, 0.717) is 25.0 Å². The van der Waals surface area contributed by atoms with Crippen molar-refractivity contribution in [3.8, 4) is 5.75 Å². The highest BCUT2D eigenvalue weighted by Gasteiger charge is 2.15. The normalized spacial score (nSPS) is 11.6. The predicted octanol–water partition coefficient (Wildman–Crippen LogP) is 2.76. The summed E-state index contributed by atoms with van der Waals surface area (Å²) in [6.45, 7) is 13.0. The predicted molar refractivity (Wildman–Crippen MR) is 127 cm³/mol. The van der Waals surface area contributed by atoms with Crippen LogP contribution in [-0.2, 0) is 24.1 Å². The van der Waals surface area contributed by atoms with Crippen molar-refractivity contribution in [3.05, 3.63) is 65.2 Å². The van der Waals surface area contributed by atoms with Gasteiger partial charge < -0.3 is 26.4 Å². The minimum atomic E-state index is 0. The Morgan fingerprint density at radius 3 is 1.87 bits per heavy atom. The molecule has 0 aromatic heterocycles. The molecule has 0 heterocycles. The molecule has 0 fully saturated rings. The zero-order valence-corrected chi connectivity index (χ0v) is 21.1. The van der Waals surface area contributed by atoms with Crippen LogP contribution in [-0.4, -0.2) is 44.9 Å². The third kappa shape index (κ3) is 11.6. The second kappa shape index (κ2) is 13.8. The van der Waals surface area contributed by atoms with Gasteiger partial charge in [0.25, 0.3) is 0 Å². The van der Waals surface area contributed by atoms with Gasteiger partial charge in [-0.1, -0.05) is 64.1 Å². The number of likely N-dealkylation sites (N-methyl/N-ethyl adjacent to an activating group) is 1. The molecular formula is C27H42ClNO2. The van der Waals surface area contributed by atoms with Crippen LogP contribution in [0.2, 0.25) is 0 Å². The molecule has 2 aromatic rings. The van der Waals surface area contributed by atoms with Crippen molar-refractivity contribution in [1.29, 1.82) is 0 Å². The average Bonchev–Trinajstić information content (AvgIpc) is 2.63. The van der Waals surface area contributed by atoms with Crippen LogP contribution in [0.4, 0.5) is 0 Å². The lowest BCUT2D eigenvalue weighted by molar-refractivity contribution is -0.904. The number of benzene rings is 2. The highest BCUT2D eigenvalue weighted by atomic mass is 35.5. The number of hydrogen-bond donors (Lipinski definition) is 0. The molecule has 4 heteroatoms. The first-order valence-corrected chi connectivity index (χ1v) is 11.4. The summed E-state index contributed by atoms with van der Waals surface area (Å²) in [4.78, 5) is 0. The van der Waals surface area contributed by atoms with Gasteiger partial charge in [-0.3, -0.25) is 0 Å². The van der Waals surface area contributed by atoms with Crippen molar-refractivity contribution in [2.45, 2.75) is 47.1 Å². The fourth-order valence-electron chi connectivity index (χ4n) is 3.78. The minimum Gasteiger partial charge on any atom is -1.00 e. The van der Waals surface area contributed by atoms with Gasteiger partial charge >= 0.3 is 0 Å². The Hall–Kier alpha value is -1.55. The highest BCUT2D eigenvalue weighted by molar-refractivity contribution is 5.35. The summed E-state index contributed by atoms with van der Waals surface area (Å²) in [5.41, 5.74) is 4.11. The molecule has 0 aliphatic rings. The first kappa shape index (κ1) is 27.5. The summed E-state index contributed by atoms with van der Waals surface area (Å²) in [6, 6.07) is 17.4. The second-order valence-electron chi connectivity index (χ2n) is 9.95. The summed E-state index contributed by atoms with van der Waals surface area (Å²) >= 11 is 0. The molecule has 0 aliphatic carbocycles. The van der Waals surface area contributed by atoms with Gasteiger partial charge in [-0.2, -0.15) is 0 Å². The summed E-state index contributed by atoms with van der Waals surface area (Å²) in [5, 5.41) is 0. The first-order chi connectivity index (χ1) is 14.2. The van der Waals surface area contributed by atoms with Crippen LogP contribution in [0.15, 0.2) is 48.5 Å². The molecular weight excluding hydrogens is 406 g/mol. The van der Waals surface area contributed by atoms with E-state index >= 15 is 0 Å². The standard InChI is InChI=1S/C27H42NO2.ClH/c1-22(2)16-25-18-26(17-23(3)4)20-27(19-25)30-15-14-29-13-12-28(5,6)21-24-10-8-7-9-11-24;/h7-11,18-20,22-23H,12-17,21H2,1-6H3;1H/q+1;/p-1. The van der Waals surface area contributed by atoms with Gasteiger partial charge in [0.2, 0.25) is 0 Å². The van der Waals surface area contributed by atoms with Gasteiger partial charge in [0.1, 0.15) is 25.4 Å². The number of rotatable bonds is 13. The van der Waals surface area contributed by atoms with Crippen LogP contribution in [0.1, 0.15) is 44.4 Å². The summed E-state index contributed by atoms with van der Waals surface area (Å²) in [6.07, 6.45) is 2.18. The lowest BCUT2D eigenvalue weighted by Gasteiger charge is -2.29. The third-order valence-electron chi connectivity index (χ3n) is 5.10. The van der Waals surface area contributed by atoms with Crippen LogP contribution in [0.3, 0.4) is 0 Å². The van der Waals surface area contributed by atoms with Crippen molar-refractivity contribution in [2.75, 3.05) is 40.5 Å². The molecule has 0 N–H and O–H groups in total. The quantitative estimate of drug-likeness (QED) is 0.347. The molecule has 0 unspecified atom stereocenters. The smallest absolute Gasteiger partial charge is 0.119 e. The van der Waals surface area contributed by atoms with E-state index in [1.165, 1.54) is 16.7 Å². The Bertz CT molecular complexity index is 716. The summed E-state index contributed by atoms with van der Waals surface area (Å²) in [7, 11) is 4.51. The van der Waals surface area contributed by atoms with E-state index < -0.39 is 0 Å². The molecule has 0 spiro atoms. The van der Waals surface area contributed by atoms with E-state index in [9.17, 15) is 0 Å². The topological polar surface area (TPSA) is 18.5 Å². The lowest BCUT2D eigenvalue weighted by Crippen LogP contribution is -3.00. The second-order valence-corrected chi connectivity index (χ2v) is 9.95. The fourth-order valence-corrected chi connectivity index (χ4v) is 3.78. The maximum absolute atomic E-state index is 6.05. The Labute approximate surface area is 196 Å². The van der Waals surface area contributed by atoms with Crippen LogP contribution >= 0.6 is 0 Å². The van der Waals surface area contributed by atoms with E-state index in [4.69, 9.17) is 9.47 Å². The van der Waals surface area contributed by atoms with Crippen LogP contribution < -0.4 is 17.1 Å². The SMILES string of the molecule is CC(C)Cc1cc(CC(C)C)cc(OCCOCC[N+](C)(C)Cc2ccccc2)c1.[Cl-]. The zero-order valence-electron chi connectivity index (χ0n) is 20.4. The Morgan fingerprint density at radius 1 is 0.742 bits per heavy atom. The highest BCUT2D eigenvalue weighted by Crippen LogP contribution is 2.22. The van der Waals surface area contributed by atoms with E-state index in [2.05, 4.69) is 90.3 Å². The number of halogens is 1. The summed E-state index contributed by atoms with van der Waals surface area (Å²) in [5.74, 6) is 2.27. The molecule has 0 saturated carbocycles. The van der Waals surface area contributed by atoms with E-state index in [0.717, 1.165) is 42.8 Å². The lowest BCUT2D eigenvalue weighted by atomic mass is 9.96. The minimum absolute atomic E-state index is 0. The molecule has 0 amide bonds. The largest absolute Gasteiger partial charge is 1.00 e. The monoisotopic (exact) mass is 447 g/mol. The van der Waals surface area contributed by atoms with Crippen molar-refractivity contribution in [1.82, 2.24) is 0 Å². The van der Waals surface area contributed by atoms with E-state index in [1.807, 2.05) is 0 Å². The Morgan fingerprint density at radius 2 is 1.32 bits per heavy atom. The fraction of sp³-hybridized carbons (Fsp3) is 0.556. The van der Waals surface area contributed by atoms with Crippen LogP contribution in [0.25, 0.3) is 0 Å². The number of hydrogen-bond acceptors (Lipinski definition) is 2. The van der Waals surface area contributed by atoms with Crippen LogP contribution in [0, 0.1) is 11.8 Å². The van der Waals surface area contributed by atoms with E-state index in [1.54, 1.807) is 0 Å². The molecule has 0 saturated heterocycles. The summed E-state index contributed by atoms with van der Waals surface area (Å²) < 4.78 is 12.8. The first-order valence-electron chi connectivity index (χ1n) is 11.4. The van der Waals surface area contributed by atoms with Crippen molar-refractivity contribution < 1.29 is 26.4 Å². The van der Waals surface area contributed by atoms with Gasteiger partial charge in [0, 0.05) is 5.56 Å². The van der Waals surface area contributed by atoms with Crippen molar-refractivity contribution in [3.63, 3.8) is 0 Å². The van der Waals surface area contributed by atoms with Gasteiger partial charge in [-0.25, -0.2) is 0 Å². The van der Waals surface area contributed by atoms with Crippen molar-refractivity contribution in [2.24, 2.45) is 11.8 Å². The van der Waals surface area contributed by atoms with Crippen LogP contribution in [0.5, 0.6) is 5.75 Å². The van der Waals surface area contributed by atoms with Gasteiger partial charge in [0.15, 0.2) is 0 Å². The maximum atomic E-state index is 6.05. The third-order valence-corrected chi connectivity index (χ3v) is 5.10. The molecule has 0 aliphatic heterocycles. The average molecular weight is 448 g/mol. The molecule has 0 atom stereocenters. The maximum Gasteiger partial charge on any atom is 0.119 e. The van der Waals surface area contributed by atoms with E-state index in [-0.39, 0.29) is 12.4 Å². The number of ether oxygens (including phenoxy) is 2. The van der Waals surface area contributed by atoms with Gasteiger partial charge in [-0.05, 0) is 47.9 Å². The van der Waals surface area contributed by atoms with Gasteiger partial charge in [0.05, 0.1) is 27.3 Å². The number of quaternary nitrogens is 1. The zero-order chi connectivity index (χ0) is 22.0. The molecule has 174 valence electrons. The van der Waals surface area contributed by atoms with Gasteiger partial charge in [-0.15, -0.1) is 0 Å². The molecule has 0 bridgehead atoms. The Kier molecular flexibility index (Phi) is 12.2. The Balaban J connectivity index is 0.00000480. The molecule has 2 rings (SSSR count). The van der Waals surface area contributed by atoms with Crippen molar-refractivity contribution >= 4 is 0 Å². The molecule has 0 radical (unpaired) electrons.